The maximum atomic E-state index is 13.9. The van der Waals surface area contributed by atoms with Crippen molar-refractivity contribution in [2.75, 3.05) is 10.6 Å². The number of nitrogens with one attached hydrogen (secondary N) is 3. The summed E-state index contributed by atoms with van der Waals surface area (Å²) in [6.45, 7) is 1.43. The van der Waals surface area contributed by atoms with Crippen molar-refractivity contribution in [3.63, 3.8) is 0 Å². The molecular weight excluding hydrogens is 562 g/mol. The molecule has 3 amide bonds. The molecule has 0 aliphatic heterocycles. The molecule has 0 saturated carbocycles. The van der Waals surface area contributed by atoms with E-state index in [4.69, 9.17) is 4.42 Å². The number of hydrogen-bond donors (Lipinski definition) is 3. The van der Waals surface area contributed by atoms with Gasteiger partial charge in [-0.15, -0.1) is 11.8 Å². The predicted molar refractivity (Wildman–Crippen MR) is 146 cm³/mol. The van der Waals surface area contributed by atoms with E-state index in [9.17, 15) is 31.9 Å². The van der Waals surface area contributed by atoms with Gasteiger partial charge in [0.25, 0.3) is 11.8 Å². The molecule has 0 radical (unpaired) electrons. The summed E-state index contributed by atoms with van der Waals surface area (Å²) in [5.41, 5.74) is -0.588. The average molecular weight is 584 g/mol. The monoisotopic (exact) mass is 583 g/mol. The molecule has 3 aromatic carbocycles. The van der Waals surface area contributed by atoms with Gasteiger partial charge in [0.15, 0.2) is 23.3 Å². The van der Waals surface area contributed by atoms with Gasteiger partial charge in [-0.2, -0.15) is 0 Å². The second kappa shape index (κ2) is 13.0. The molecule has 4 rings (SSSR count). The molecule has 1 atom stereocenters. The third-order valence-electron chi connectivity index (χ3n) is 5.51. The summed E-state index contributed by atoms with van der Waals surface area (Å²) in [5.74, 6) is -8.40. The lowest BCUT2D eigenvalue weighted by Crippen LogP contribution is -2.30. The van der Waals surface area contributed by atoms with Crippen molar-refractivity contribution < 1.29 is 36.4 Å². The molecule has 7 nitrogen and oxygen atoms in total. The summed E-state index contributed by atoms with van der Waals surface area (Å²) in [6, 6.07) is 17.8. The van der Waals surface area contributed by atoms with Crippen LogP contribution in [-0.2, 0) is 9.59 Å². The summed E-state index contributed by atoms with van der Waals surface area (Å²) < 4.78 is 59.9. The first-order valence-corrected chi connectivity index (χ1v) is 12.8. The molecule has 0 saturated heterocycles. The number of halogens is 4. The van der Waals surface area contributed by atoms with Crippen molar-refractivity contribution >= 4 is 46.9 Å². The van der Waals surface area contributed by atoms with Gasteiger partial charge in [0.2, 0.25) is 5.91 Å². The highest BCUT2D eigenvalue weighted by Gasteiger charge is 2.23. The molecular formula is C29H21F4N3O4S. The Balaban J connectivity index is 1.41. The minimum absolute atomic E-state index is 0.0474. The highest BCUT2D eigenvalue weighted by atomic mass is 32.2. The van der Waals surface area contributed by atoms with Crippen LogP contribution in [0, 0.1) is 23.3 Å². The lowest BCUT2D eigenvalue weighted by Gasteiger charge is -2.14. The smallest absolute Gasteiger partial charge is 0.272 e. The van der Waals surface area contributed by atoms with E-state index in [1.807, 2.05) is 5.32 Å². The van der Waals surface area contributed by atoms with Gasteiger partial charge in [0, 0.05) is 28.3 Å². The SMILES string of the molecule is CC(Sc1ccc(NC(=O)/C(=C/c2ccco2)NC(=O)c2ccccc2)cc1)C(=O)Nc1c(F)c(F)cc(F)c1F. The second-order valence-electron chi connectivity index (χ2n) is 8.46. The Morgan fingerprint density at radius 1 is 0.854 bits per heavy atom. The van der Waals surface area contributed by atoms with Gasteiger partial charge in [0.05, 0.1) is 11.5 Å². The van der Waals surface area contributed by atoms with Crippen molar-refractivity contribution in [1.82, 2.24) is 5.32 Å². The van der Waals surface area contributed by atoms with Gasteiger partial charge < -0.3 is 20.4 Å². The van der Waals surface area contributed by atoms with Crippen LogP contribution in [0.5, 0.6) is 0 Å². The number of carbonyl (C=O) groups is 3. The first kappa shape index (κ1) is 29.2. The first-order valence-electron chi connectivity index (χ1n) is 12.0. The molecule has 0 fully saturated rings. The summed E-state index contributed by atoms with van der Waals surface area (Å²) in [6.07, 6.45) is 2.79. The van der Waals surface area contributed by atoms with Crippen LogP contribution in [0.4, 0.5) is 28.9 Å². The number of thioether (sulfide) groups is 1. The molecule has 210 valence electrons. The number of anilines is 2. The number of furan rings is 1. The van der Waals surface area contributed by atoms with Crippen molar-refractivity contribution in [3.8, 4) is 0 Å². The molecule has 1 heterocycles. The molecule has 1 unspecified atom stereocenters. The third kappa shape index (κ3) is 7.42. The van der Waals surface area contributed by atoms with E-state index >= 15 is 0 Å². The number of benzene rings is 3. The molecule has 0 bridgehead atoms. The molecule has 3 N–H and O–H groups in total. The highest BCUT2D eigenvalue weighted by molar-refractivity contribution is 8.00. The Morgan fingerprint density at radius 3 is 2.12 bits per heavy atom. The molecule has 0 aliphatic carbocycles. The summed E-state index contributed by atoms with van der Waals surface area (Å²) in [7, 11) is 0. The predicted octanol–water partition coefficient (Wildman–Crippen LogP) is 6.36. The number of amides is 3. The fourth-order valence-electron chi connectivity index (χ4n) is 3.44. The Kier molecular flexibility index (Phi) is 9.25. The van der Waals surface area contributed by atoms with E-state index < -0.39 is 51.9 Å². The van der Waals surface area contributed by atoms with E-state index in [0.717, 1.165) is 11.8 Å². The van der Waals surface area contributed by atoms with Crippen LogP contribution in [0.25, 0.3) is 6.08 Å². The van der Waals surface area contributed by atoms with Gasteiger partial charge in [-0.05, 0) is 55.5 Å². The highest BCUT2D eigenvalue weighted by Crippen LogP contribution is 2.28. The second-order valence-corrected chi connectivity index (χ2v) is 9.88. The van der Waals surface area contributed by atoms with Crippen LogP contribution in [-0.4, -0.2) is 23.0 Å². The minimum atomic E-state index is -1.71. The van der Waals surface area contributed by atoms with Crippen molar-refractivity contribution in [1.29, 1.82) is 0 Å². The molecule has 41 heavy (non-hydrogen) atoms. The van der Waals surface area contributed by atoms with Crippen LogP contribution in [0.2, 0.25) is 0 Å². The van der Waals surface area contributed by atoms with Crippen molar-refractivity contribution in [3.05, 3.63) is 119 Å². The lowest BCUT2D eigenvalue weighted by molar-refractivity contribution is -0.115. The van der Waals surface area contributed by atoms with Crippen molar-refractivity contribution in [2.24, 2.45) is 0 Å². The molecule has 0 spiro atoms. The quantitative estimate of drug-likeness (QED) is 0.0921. The number of rotatable bonds is 9. The Hall–Kier alpha value is -4.84. The zero-order chi connectivity index (χ0) is 29.5. The fourth-order valence-corrected chi connectivity index (χ4v) is 4.31. The van der Waals surface area contributed by atoms with Gasteiger partial charge in [-0.25, -0.2) is 17.6 Å². The van der Waals surface area contributed by atoms with E-state index in [2.05, 4.69) is 10.6 Å². The summed E-state index contributed by atoms with van der Waals surface area (Å²) in [5, 5.41) is 6.20. The molecule has 12 heteroatoms. The van der Waals surface area contributed by atoms with Crippen LogP contribution in [0.3, 0.4) is 0 Å². The topological polar surface area (TPSA) is 100 Å². The van der Waals surface area contributed by atoms with Crippen LogP contribution in [0.15, 0.2) is 94.1 Å². The standard InChI is InChI=1S/C29H21F4N3O4S/c1-16(27(37)36-26-24(32)21(30)15-22(31)25(26)33)41-20-11-9-18(10-12-20)34-29(39)23(14-19-8-5-13-40-19)35-28(38)17-6-3-2-4-7-17/h2-16H,1H3,(H,34,39)(H,35,38)(H,36,37)/b23-14-. The van der Waals surface area contributed by atoms with Crippen LogP contribution >= 0.6 is 11.8 Å². The Labute approximate surface area is 235 Å². The summed E-state index contributed by atoms with van der Waals surface area (Å²) >= 11 is 0.996. The lowest BCUT2D eigenvalue weighted by atomic mass is 10.2. The largest absolute Gasteiger partial charge is 0.465 e. The van der Waals surface area contributed by atoms with Crippen LogP contribution in [0.1, 0.15) is 23.0 Å². The first-order chi connectivity index (χ1) is 19.6. The van der Waals surface area contributed by atoms with Crippen LogP contribution < -0.4 is 16.0 Å². The van der Waals surface area contributed by atoms with E-state index in [0.29, 0.717) is 21.9 Å². The number of hydrogen-bond acceptors (Lipinski definition) is 5. The van der Waals surface area contributed by atoms with Gasteiger partial charge in [-0.1, -0.05) is 18.2 Å². The van der Waals surface area contributed by atoms with Crippen molar-refractivity contribution in [2.45, 2.75) is 17.1 Å². The fraction of sp³-hybridized carbons (Fsp3) is 0.0690. The van der Waals surface area contributed by atoms with Gasteiger partial charge in [0.1, 0.15) is 17.1 Å². The maximum Gasteiger partial charge on any atom is 0.272 e. The zero-order valence-electron chi connectivity index (χ0n) is 21.2. The van der Waals surface area contributed by atoms with E-state index in [1.165, 1.54) is 31.4 Å². The van der Waals surface area contributed by atoms with Gasteiger partial charge >= 0.3 is 0 Å². The maximum absolute atomic E-state index is 13.9. The van der Waals surface area contributed by atoms with E-state index in [1.54, 1.807) is 54.6 Å². The Bertz CT molecular complexity index is 1570. The number of carbonyl (C=O) groups excluding carboxylic acids is 3. The molecule has 4 aromatic rings. The zero-order valence-corrected chi connectivity index (χ0v) is 22.0. The Morgan fingerprint density at radius 2 is 1.51 bits per heavy atom. The minimum Gasteiger partial charge on any atom is -0.465 e. The molecule has 1 aromatic heterocycles. The summed E-state index contributed by atoms with van der Waals surface area (Å²) in [4.78, 5) is 38.7. The third-order valence-corrected chi connectivity index (χ3v) is 6.62. The molecule has 0 aliphatic rings. The van der Waals surface area contributed by atoms with E-state index in [-0.39, 0.29) is 11.8 Å². The van der Waals surface area contributed by atoms with Gasteiger partial charge in [-0.3, -0.25) is 14.4 Å². The normalized spacial score (nSPS) is 12.0. The average Bonchev–Trinajstić information content (AvgIpc) is 3.48.